The maximum Gasteiger partial charge on any atom is 0.274 e. The third kappa shape index (κ3) is 5.03. The van der Waals surface area contributed by atoms with Gasteiger partial charge in [0.1, 0.15) is 5.76 Å². The Morgan fingerprint density at radius 1 is 1.09 bits per heavy atom. The Kier molecular flexibility index (Phi) is 9.53. The van der Waals surface area contributed by atoms with Crippen LogP contribution in [0.1, 0.15) is 41.0 Å². The summed E-state index contributed by atoms with van der Waals surface area (Å²) in [5.41, 5.74) is 1.87. The Morgan fingerprint density at radius 3 is 2.09 bits per heavy atom. The molecule has 0 fully saturated rings. The van der Waals surface area contributed by atoms with E-state index in [1.54, 1.807) is 12.7 Å². The van der Waals surface area contributed by atoms with E-state index in [1.165, 1.54) is 0 Å². The maximum atomic E-state index is 12.7. The molecule has 0 aromatic rings. The molecule has 22 heavy (non-hydrogen) atoms. The third-order valence-corrected chi connectivity index (χ3v) is 4.75. The molecule has 2 nitrogen and oxygen atoms in total. The number of hydrogen-bond acceptors (Lipinski definition) is 2. The lowest BCUT2D eigenvalue weighted by Gasteiger charge is -2.26. The van der Waals surface area contributed by atoms with E-state index >= 15 is 0 Å². The van der Waals surface area contributed by atoms with Crippen LogP contribution in [0.15, 0.2) is 71.3 Å². The van der Waals surface area contributed by atoms with E-state index in [0.29, 0.717) is 11.1 Å². The Morgan fingerprint density at radius 2 is 1.64 bits per heavy atom. The molecule has 0 saturated heterocycles. The molecule has 0 aromatic carbocycles. The van der Waals surface area contributed by atoms with Crippen LogP contribution in [0.3, 0.4) is 0 Å². The van der Waals surface area contributed by atoms with Gasteiger partial charge in [-0.2, -0.15) is 0 Å². The molecule has 0 spiro atoms. The summed E-state index contributed by atoms with van der Waals surface area (Å²) in [5.74, 6) is 0.662. The van der Waals surface area contributed by atoms with Gasteiger partial charge in [-0.1, -0.05) is 63.8 Å². The Hall–Kier alpha value is -1.53. The molecule has 1 aliphatic heterocycles. The minimum absolute atomic E-state index is 0.662. The van der Waals surface area contributed by atoms with E-state index in [9.17, 15) is 4.57 Å². The van der Waals surface area contributed by atoms with Crippen molar-refractivity contribution in [1.29, 1.82) is 0 Å². The molecule has 0 aliphatic carbocycles. The predicted octanol–water partition coefficient (Wildman–Crippen LogP) is 6.76. The van der Waals surface area contributed by atoms with Crippen LogP contribution in [0.25, 0.3) is 0 Å². The summed E-state index contributed by atoms with van der Waals surface area (Å²) in [5, 5.41) is 0.678. The smallest absolute Gasteiger partial charge is 0.274 e. The first-order chi connectivity index (χ1) is 10.5. The average molecular weight is 320 g/mol. The zero-order valence-electron chi connectivity index (χ0n) is 14.7. The molecule has 0 bridgehead atoms. The molecule has 0 saturated carbocycles. The van der Waals surface area contributed by atoms with E-state index < -0.39 is 7.37 Å². The van der Waals surface area contributed by atoms with Gasteiger partial charge in [-0.3, -0.25) is 4.57 Å². The fourth-order valence-corrected chi connectivity index (χ4v) is 3.67. The van der Waals surface area contributed by atoms with Gasteiger partial charge in [0.25, 0.3) is 7.37 Å². The summed E-state index contributed by atoms with van der Waals surface area (Å²) >= 11 is 0. The van der Waals surface area contributed by atoms with Crippen molar-refractivity contribution in [1.82, 2.24) is 0 Å². The van der Waals surface area contributed by atoms with E-state index in [2.05, 4.69) is 13.5 Å². The monoisotopic (exact) mass is 320 g/mol. The zero-order valence-corrected chi connectivity index (χ0v) is 15.6. The molecule has 0 N–H and O–H groups in total. The van der Waals surface area contributed by atoms with Crippen molar-refractivity contribution in [2.45, 2.75) is 41.0 Å². The third-order valence-electron chi connectivity index (χ3n) is 2.91. The highest BCUT2D eigenvalue weighted by Crippen LogP contribution is 2.59. The molecular weight excluding hydrogens is 291 g/mol. The van der Waals surface area contributed by atoms with E-state index in [-0.39, 0.29) is 0 Å². The fourth-order valence-electron chi connectivity index (χ4n) is 2.08. The molecular formula is C19H29O2P. The summed E-state index contributed by atoms with van der Waals surface area (Å²) in [6.07, 6.45) is 14.3. The molecule has 3 heteroatoms. The second kappa shape index (κ2) is 10.2. The first kappa shape index (κ1) is 20.5. The molecule has 122 valence electrons. The first-order valence-corrected chi connectivity index (χ1v) is 9.90. The summed E-state index contributed by atoms with van der Waals surface area (Å²) in [4.78, 5) is 0. The second-order valence-corrected chi connectivity index (χ2v) is 6.88. The van der Waals surface area contributed by atoms with Gasteiger partial charge >= 0.3 is 0 Å². The Bertz CT molecular complexity index is 572. The summed E-state index contributed by atoms with van der Waals surface area (Å²) in [6, 6.07) is 0. The van der Waals surface area contributed by atoms with Crippen molar-refractivity contribution in [2.75, 3.05) is 6.66 Å². The van der Waals surface area contributed by atoms with E-state index in [0.717, 1.165) is 17.6 Å². The van der Waals surface area contributed by atoms with Crippen molar-refractivity contribution in [2.24, 2.45) is 0 Å². The van der Waals surface area contributed by atoms with E-state index in [4.69, 9.17) is 4.52 Å². The molecule has 0 aromatic heterocycles. The maximum absolute atomic E-state index is 12.7. The Labute approximate surface area is 136 Å². The summed E-state index contributed by atoms with van der Waals surface area (Å²) < 4.78 is 18.5. The summed E-state index contributed by atoms with van der Waals surface area (Å²) in [7, 11) is -2.87. The van der Waals surface area contributed by atoms with Crippen molar-refractivity contribution >= 4 is 7.37 Å². The molecule has 0 radical (unpaired) electrons. The lowest BCUT2D eigenvalue weighted by Crippen LogP contribution is -2.05. The fraction of sp³-hybridized carbons (Fsp3) is 0.368. The van der Waals surface area contributed by atoms with Gasteiger partial charge < -0.3 is 4.52 Å². The van der Waals surface area contributed by atoms with Crippen molar-refractivity contribution < 1.29 is 9.09 Å². The summed E-state index contributed by atoms with van der Waals surface area (Å²) in [6.45, 7) is 15.4. The number of hydrogen-bond donors (Lipinski definition) is 0. The van der Waals surface area contributed by atoms with Crippen molar-refractivity contribution in [3.63, 3.8) is 0 Å². The van der Waals surface area contributed by atoms with Crippen molar-refractivity contribution in [3.05, 3.63) is 71.3 Å². The average Bonchev–Trinajstić information content (AvgIpc) is 2.50. The van der Waals surface area contributed by atoms with Gasteiger partial charge in [-0.05, 0) is 31.9 Å². The highest BCUT2D eigenvalue weighted by molar-refractivity contribution is 7.63. The lowest BCUT2D eigenvalue weighted by molar-refractivity contribution is 0.422. The standard InChI is InChI=1S/C17H23O2P.C2H6/c1-6-10-13-16-14(11-7-2)15(12-8-3)17(9-4)20(5,18)19-16;1-2/h7-13H,4,6H2,1-3,5H3;1-2H3/b11-7-,12-8-,13-10-;. The predicted molar refractivity (Wildman–Crippen MR) is 99.3 cm³/mol. The minimum atomic E-state index is -2.87. The van der Waals surface area contributed by atoms with Crippen LogP contribution >= 0.6 is 7.37 Å². The van der Waals surface area contributed by atoms with Crippen LogP contribution in [0, 0.1) is 0 Å². The van der Waals surface area contributed by atoms with Gasteiger partial charge in [0, 0.05) is 12.2 Å². The topological polar surface area (TPSA) is 26.3 Å². The molecule has 0 amide bonds. The van der Waals surface area contributed by atoms with Crippen LogP contribution in [0.2, 0.25) is 0 Å². The van der Waals surface area contributed by atoms with Crippen LogP contribution in [0.5, 0.6) is 0 Å². The van der Waals surface area contributed by atoms with Gasteiger partial charge in [-0.15, -0.1) is 0 Å². The van der Waals surface area contributed by atoms with Crippen LogP contribution < -0.4 is 0 Å². The second-order valence-electron chi connectivity index (χ2n) is 4.53. The highest BCUT2D eigenvalue weighted by Gasteiger charge is 2.31. The van der Waals surface area contributed by atoms with Gasteiger partial charge in [0.05, 0.1) is 5.31 Å². The van der Waals surface area contributed by atoms with Gasteiger partial charge in [-0.25, -0.2) is 0 Å². The first-order valence-electron chi connectivity index (χ1n) is 7.82. The van der Waals surface area contributed by atoms with Crippen LogP contribution in [0.4, 0.5) is 0 Å². The molecule has 1 heterocycles. The largest absolute Gasteiger partial charge is 0.439 e. The van der Waals surface area contributed by atoms with Crippen LogP contribution in [-0.4, -0.2) is 6.66 Å². The zero-order chi connectivity index (χ0) is 17.2. The minimum Gasteiger partial charge on any atom is -0.439 e. The SMILES string of the molecule is C=CC1=C(/C=C\C)C(/C=C\C)=C(/C=C\CC)OP1(C)=O.CC. The van der Waals surface area contributed by atoms with E-state index in [1.807, 2.05) is 64.2 Å². The molecule has 1 atom stereocenters. The number of allylic oxidation sites excluding steroid dienone is 10. The van der Waals surface area contributed by atoms with Gasteiger partial charge in [0.2, 0.25) is 0 Å². The molecule has 1 unspecified atom stereocenters. The molecule has 1 aliphatic rings. The van der Waals surface area contributed by atoms with Crippen molar-refractivity contribution in [3.8, 4) is 0 Å². The Balaban J connectivity index is 0.00000211. The quantitative estimate of drug-likeness (QED) is 0.523. The normalized spacial score (nSPS) is 22.3. The van der Waals surface area contributed by atoms with Crippen LogP contribution in [-0.2, 0) is 9.09 Å². The van der Waals surface area contributed by atoms with Gasteiger partial charge in [0.15, 0.2) is 0 Å². The lowest BCUT2D eigenvalue weighted by atomic mass is 10.0. The highest BCUT2D eigenvalue weighted by atomic mass is 31.2. The molecule has 1 rings (SSSR count). The number of rotatable bonds is 5.